The van der Waals surface area contributed by atoms with E-state index in [9.17, 15) is 24.3 Å². The van der Waals surface area contributed by atoms with E-state index in [2.05, 4.69) is 20.6 Å². The Bertz CT molecular complexity index is 1450. The van der Waals surface area contributed by atoms with Crippen molar-refractivity contribution in [2.75, 3.05) is 29.1 Å². The van der Waals surface area contributed by atoms with Gasteiger partial charge in [0.2, 0.25) is 0 Å². The number of anilines is 3. The molecule has 0 bridgehead atoms. The predicted molar refractivity (Wildman–Crippen MR) is 140 cm³/mol. The Morgan fingerprint density at radius 2 is 1.51 bits per heavy atom. The maximum absolute atomic E-state index is 12.3. The number of aliphatic carboxylic acids is 1. The number of carbonyl (C=O) groups excluding carboxylic acids is 1. The summed E-state index contributed by atoms with van der Waals surface area (Å²) >= 11 is 0. The number of rotatable bonds is 11. The Hall–Kier alpha value is -4.86. The van der Waals surface area contributed by atoms with Crippen LogP contribution in [0.2, 0.25) is 0 Å². The van der Waals surface area contributed by atoms with E-state index in [1.54, 1.807) is 60.7 Å². The third kappa shape index (κ3) is 6.04. The number of hydrogen-bond acceptors (Lipinski definition) is 8. The fourth-order valence-electron chi connectivity index (χ4n) is 3.88. The molecule has 10 nitrogen and oxygen atoms in total. The van der Waals surface area contributed by atoms with Crippen LogP contribution in [0.4, 0.5) is 17.1 Å². The highest BCUT2D eigenvalue weighted by molar-refractivity contribution is 6.04. The van der Waals surface area contributed by atoms with Crippen molar-refractivity contribution >= 4 is 28.9 Å². The van der Waals surface area contributed by atoms with Gasteiger partial charge in [0.05, 0.1) is 0 Å². The molecule has 0 saturated carbocycles. The van der Waals surface area contributed by atoms with Crippen molar-refractivity contribution in [1.82, 2.24) is 9.97 Å². The first-order valence-electron chi connectivity index (χ1n) is 11.6. The molecule has 0 aliphatic heterocycles. The fourth-order valence-corrected chi connectivity index (χ4v) is 3.88. The van der Waals surface area contributed by atoms with Gasteiger partial charge in [-0.15, -0.1) is 0 Å². The van der Waals surface area contributed by atoms with Gasteiger partial charge in [-0.3, -0.25) is 24.4 Å². The minimum Gasteiger partial charge on any atom is -0.480 e. The van der Waals surface area contributed by atoms with Gasteiger partial charge in [0, 0.05) is 56.1 Å². The number of carboxylic acid groups (broad SMARTS) is 1. The molecule has 0 radical (unpaired) electrons. The molecular weight excluding hydrogens is 474 g/mol. The third-order valence-corrected chi connectivity index (χ3v) is 5.96. The topological polar surface area (TPSA) is 142 Å². The quantitative estimate of drug-likeness (QED) is 0.265. The lowest BCUT2D eigenvalue weighted by Gasteiger charge is -2.25. The molecule has 2 heterocycles. The van der Waals surface area contributed by atoms with Gasteiger partial charge < -0.3 is 20.6 Å². The summed E-state index contributed by atoms with van der Waals surface area (Å²) in [5, 5.41) is 15.3. The van der Waals surface area contributed by atoms with Crippen LogP contribution in [0, 0.1) is 0 Å². The molecule has 1 unspecified atom stereocenters. The van der Waals surface area contributed by atoms with E-state index in [-0.39, 0.29) is 23.7 Å². The van der Waals surface area contributed by atoms with Crippen molar-refractivity contribution in [2.24, 2.45) is 0 Å². The summed E-state index contributed by atoms with van der Waals surface area (Å²) in [7, 11) is 1.69. The van der Waals surface area contributed by atoms with Crippen molar-refractivity contribution in [3.8, 4) is 0 Å². The first-order chi connectivity index (χ1) is 17.8. The third-order valence-electron chi connectivity index (χ3n) is 5.96. The van der Waals surface area contributed by atoms with Crippen LogP contribution in [-0.4, -0.2) is 46.6 Å². The van der Waals surface area contributed by atoms with Crippen LogP contribution < -0.4 is 26.4 Å². The van der Waals surface area contributed by atoms with Crippen LogP contribution in [0.5, 0.6) is 0 Å². The Morgan fingerprint density at radius 3 is 2.14 bits per heavy atom. The van der Waals surface area contributed by atoms with Crippen LogP contribution in [-0.2, 0) is 17.6 Å². The lowest BCUT2D eigenvalue weighted by molar-refractivity contribution is -0.137. The maximum Gasteiger partial charge on any atom is 0.326 e. The molecule has 0 fully saturated rings. The Kier molecular flexibility index (Phi) is 7.68. The molecule has 2 aromatic carbocycles. The van der Waals surface area contributed by atoms with Crippen LogP contribution in [0.25, 0.3) is 0 Å². The van der Waals surface area contributed by atoms with Crippen molar-refractivity contribution in [3.05, 3.63) is 110 Å². The van der Waals surface area contributed by atoms with Crippen LogP contribution in [0.3, 0.4) is 0 Å². The number of amides is 1. The second-order valence-corrected chi connectivity index (χ2v) is 8.54. The van der Waals surface area contributed by atoms with Gasteiger partial charge in [-0.2, -0.15) is 0 Å². The largest absolute Gasteiger partial charge is 0.480 e. The molecule has 0 aliphatic carbocycles. The molecule has 37 heavy (non-hydrogen) atoms. The normalized spacial score (nSPS) is 11.6. The van der Waals surface area contributed by atoms with E-state index in [0.29, 0.717) is 29.8 Å². The highest BCUT2D eigenvalue weighted by Gasteiger charge is 2.28. The van der Waals surface area contributed by atoms with Gasteiger partial charge in [-0.25, -0.2) is 4.79 Å². The summed E-state index contributed by atoms with van der Waals surface area (Å²) < 4.78 is 0. The Morgan fingerprint density at radius 1 is 0.892 bits per heavy atom. The molecule has 0 aliphatic rings. The van der Waals surface area contributed by atoms with Crippen molar-refractivity contribution in [2.45, 2.75) is 18.9 Å². The number of nitrogens with zero attached hydrogens (tertiary/aromatic N) is 3. The first-order valence-corrected chi connectivity index (χ1v) is 11.6. The summed E-state index contributed by atoms with van der Waals surface area (Å²) in [6, 6.07) is 12.5. The van der Waals surface area contributed by atoms with E-state index in [1.165, 1.54) is 12.4 Å². The molecular formula is C27H25N5O5. The molecule has 0 spiro atoms. The first kappa shape index (κ1) is 25.2. The summed E-state index contributed by atoms with van der Waals surface area (Å²) in [4.78, 5) is 58.3. The highest BCUT2D eigenvalue weighted by atomic mass is 16.4. The fraction of sp³-hybridized carbons (Fsp3) is 0.185. The molecule has 3 N–H and O–H groups in total. The zero-order chi connectivity index (χ0) is 26.4. The van der Waals surface area contributed by atoms with Gasteiger partial charge >= 0.3 is 5.97 Å². The van der Waals surface area contributed by atoms with Gasteiger partial charge in [-0.05, 0) is 53.9 Å². The van der Waals surface area contributed by atoms with Crippen LogP contribution in [0.15, 0.2) is 82.9 Å². The van der Waals surface area contributed by atoms with Gasteiger partial charge in [0.15, 0.2) is 0 Å². The second kappa shape index (κ2) is 11.3. The summed E-state index contributed by atoms with van der Waals surface area (Å²) in [6.45, 7) is 0.466. The molecule has 1 amide bonds. The minimum absolute atomic E-state index is 0.0101. The average Bonchev–Trinajstić information content (AvgIpc) is 2.92. The van der Waals surface area contributed by atoms with E-state index in [4.69, 9.17) is 0 Å². The molecule has 1 atom stereocenters. The van der Waals surface area contributed by atoms with Crippen molar-refractivity contribution < 1.29 is 14.7 Å². The summed E-state index contributed by atoms with van der Waals surface area (Å²) in [5.41, 5.74) is 1.53. The molecule has 2 aromatic heterocycles. The second-order valence-electron chi connectivity index (χ2n) is 8.54. The number of likely N-dealkylation sites (N-methyl/N-ethyl adjacent to an activating group) is 1. The zero-order valence-corrected chi connectivity index (χ0v) is 20.0. The lowest BCUT2D eigenvalue weighted by Crippen LogP contribution is -2.45. The van der Waals surface area contributed by atoms with Gasteiger partial charge in [-0.1, -0.05) is 12.1 Å². The Balaban J connectivity index is 1.41. The minimum atomic E-state index is -1.16. The van der Waals surface area contributed by atoms with Crippen LogP contribution >= 0.6 is 0 Å². The number of pyridine rings is 2. The molecule has 4 aromatic rings. The molecule has 10 heteroatoms. The number of nitrogens with one attached hydrogen (secondary N) is 2. The monoisotopic (exact) mass is 499 g/mol. The number of benzene rings is 1. The highest BCUT2D eigenvalue weighted by Crippen LogP contribution is 2.22. The standard InChI is InChI=1S/C27H25N5O5/c1-32(15-10-17-6-11-28-12-7-17)23-22(24(33)25(23)34)31-21(27(36)37)16-18-2-4-20(5-3-18)30-26(35)19-8-13-29-14-9-19/h2-9,11-14,21,31H,10,15-16H2,1H3,(H,30,35)(H,36,37). The zero-order valence-electron chi connectivity index (χ0n) is 20.0. The van der Waals surface area contributed by atoms with Crippen molar-refractivity contribution in [1.29, 1.82) is 0 Å². The summed E-state index contributed by atoms with van der Waals surface area (Å²) in [5.74, 6) is -1.45. The number of carboxylic acids is 1. The van der Waals surface area contributed by atoms with E-state index in [1.807, 2.05) is 12.1 Å². The van der Waals surface area contributed by atoms with E-state index >= 15 is 0 Å². The maximum atomic E-state index is 12.3. The molecule has 0 saturated heterocycles. The molecule has 4 rings (SSSR count). The van der Waals surface area contributed by atoms with Crippen molar-refractivity contribution in [3.63, 3.8) is 0 Å². The smallest absolute Gasteiger partial charge is 0.326 e. The van der Waals surface area contributed by atoms with Crippen LogP contribution in [0.1, 0.15) is 21.5 Å². The average molecular weight is 500 g/mol. The van der Waals surface area contributed by atoms with Gasteiger partial charge in [0.25, 0.3) is 16.8 Å². The number of hydrogen-bond donors (Lipinski definition) is 3. The van der Waals surface area contributed by atoms with E-state index in [0.717, 1.165) is 5.56 Å². The van der Waals surface area contributed by atoms with Gasteiger partial charge in [0.1, 0.15) is 17.4 Å². The number of aromatic nitrogens is 2. The summed E-state index contributed by atoms with van der Waals surface area (Å²) in [6.07, 6.45) is 7.10. The lowest BCUT2D eigenvalue weighted by atomic mass is 10.0. The predicted octanol–water partition coefficient (Wildman–Crippen LogP) is 2.11. The number of carbonyl (C=O) groups is 2. The Labute approximate surface area is 212 Å². The molecule has 188 valence electrons. The van der Waals surface area contributed by atoms with E-state index < -0.39 is 22.9 Å². The SMILES string of the molecule is CN(CCc1ccncc1)c1c(NC(Cc2ccc(NC(=O)c3ccncc3)cc2)C(=O)O)c(=O)c1=O.